The van der Waals surface area contributed by atoms with Crippen LogP contribution < -0.4 is 10.5 Å². The van der Waals surface area contributed by atoms with E-state index in [-0.39, 0.29) is 23.0 Å². The molecule has 0 aliphatic heterocycles. The Bertz CT molecular complexity index is 734. The van der Waals surface area contributed by atoms with Gasteiger partial charge in [-0.3, -0.25) is 4.98 Å². The third kappa shape index (κ3) is 2.83. The molecule has 1 aliphatic carbocycles. The molecule has 24 heavy (non-hydrogen) atoms. The first-order chi connectivity index (χ1) is 11.5. The fraction of sp³-hybridized carbons (Fsp3) is 0.529. The minimum absolute atomic E-state index is 0.0191. The van der Waals surface area contributed by atoms with Gasteiger partial charge in [0.15, 0.2) is 0 Å². The monoisotopic (exact) mass is 335 g/mol. The maximum atomic E-state index is 14.6. The number of aliphatic hydroxyl groups is 2. The molecule has 0 aromatic carbocycles. The first kappa shape index (κ1) is 17.0. The molecule has 2 heterocycles. The van der Waals surface area contributed by atoms with Crippen LogP contribution in [0, 0.1) is 11.7 Å². The molecule has 1 aliphatic rings. The number of nitrogens with two attached hydrogens (primary N) is 1. The maximum absolute atomic E-state index is 14.6. The van der Waals surface area contributed by atoms with Gasteiger partial charge in [0.25, 0.3) is 0 Å². The van der Waals surface area contributed by atoms with Gasteiger partial charge in [-0.2, -0.15) is 0 Å². The largest absolute Gasteiger partial charge is 0.481 e. The Morgan fingerprint density at radius 2 is 2.04 bits per heavy atom. The summed E-state index contributed by atoms with van der Waals surface area (Å²) in [5.41, 5.74) is 4.82. The number of nitrogens with zero attached hydrogens (tertiary/aromatic N) is 2. The van der Waals surface area contributed by atoms with Crippen molar-refractivity contribution in [3.05, 3.63) is 29.7 Å². The third-order valence-corrected chi connectivity index (χ3v) is 4.97. The van der Waals surface area contributed by atoms with Crippen molar-refractivity contribution in [1.29, 1.82) is 0 Å². The normalized spacial score (nSPS) is 23.9. The number of methoxy groups -OCH3 is 1. The van der Waals surface area contributed by atoms with E-state index in [4.69, 9.17) is 10.5 Å². The van der Waals surface area contributed by atoms with Crippen LogP contribution in [-0.4, -0.2) is 39.9 Å². The van der Waals surface area contributed by atoms with Gasteiger partial charge < -0.3 is 20.7 Å². The van der Waals surface area contributed by atoms with E-state index in [0.29, 0.717) is 24.2 Å². The molecule has 6 nitrogen and oxygen atoms in total. The van der Waals surface area contributed by atoms with Gasteiger partial charge >= 0.3 is 0 Å². The lowest BCUT2D eigenvalue weighted by molar-refractivity contribution is -0.0812. The number of aliphatic hydroxyl groups excluding tert-OH is 1. The average Bonchev–Trinajstić information content (AvgIpc) is 2.61. The van der Waals surface area contributed by atoms with Crippen LogP contribution in [0.15, 0.2) is 18.3 Å². The number of ether oxygens (including phenoxy) is 1. The van der Waals surface area contributed by atoms with Gasteiger partial charge in [-0.25, -0.2) is 9.37 Å². The summed E-state index contributed by atoms with van der Waals surface area (Å²) in [6.45, 7) is -0.595. The third-order valence-electron chi connectivity index (χ3n) is 4.97. The van der Waals surface area contributed by atoms with Gasteiger partial charge in [-0.15, -0.1) is 0 Å². The summed E-state index contributed by atoms with van der Waals surface area (Å²) in [5.74, 6) is -0.688. The zero-order chi connectivity index (χ0) is 17.3. The van der Waals surface area contributed by atoms with Crippen molar-refractivity contribution in [3.63, 3.8) is 0 Å². The van der Waals surface area contributed by atoms with Gasteiger partial charge in [0.05, 0.1) is 31.0 Å². The van der Waals surface area contributed by atoms with Crippen LogP contribution in [0.1, 0.15) is 31.2 Å². The first-order valence-corrected chi connectivity index (χ1v) is 8.08. The molecule has 1 fully saturated rings. The molecule has 7 heteroatoms. The van der Waals surface area contributed by atoms with E-state index in [1.54, 1.807) is 12.1 Å². The maximum Gasteiger partial charge on any atom is 0.213 e. The Balaban J connectivity index is 2.15. The average molecular weight is 335 g/mol. The smallest absolute Gasteiger partial charge is 0.213 e. The predicted molar refractivity (Wildman–Crippen MR) is 87.0 cm³/mol. The van der Waals surface area contributed by atoms with Crippen LogP contribution in [0.3, 0.4) is 0 Å². The highest BCUT2D eigenvalue weighted by atomic mass is 19.1. The van der Waals surface area contributed by atoms with E-state index in [9.17, 15) is 14.6 Å². The van der Waals surface area contributed by atoms with E-state index in [1.165, 1.54) is 7.11 Å². The summed E-state index contributed by atoms with van der Waals surface area (Å²) < 4.78 is 19.7. The van der Waals surface area contributed by atoms with Crippen molar-refractivity contribution in [2.75, 3.05) is 13.7 Å². The van der Waals surface area contributed by atoms with Gasteiger partial charge in [-0.1, -0.05) is 0 Å². The number of rotatable bonds is 4. The molecule has 0 saturated heterocycles. The van der Waals surface area contributed by atoms with Gasteiger partial charge in [0.1, 0.15) is 16.9 Å². The molecule has 1 saturated carbocycles. The molecule has 0 radical (unpaired) electrons. The lowest BCUT2D eigenvalue weighted by Gasteiger charge is -2.39. The van der Waals surface area contributed by atoms with Crippen molar-refractivity contribution in [3.8, 4) is 5.88 Å². The highest BCUT2D eigenvalue weighted by Crippen LogP contribution is 2.42. The van der Waals surface area contributed by atoms with E-state index in [0.717, 1.165) is 19.0 Å². The molecule has 0 bridgehead atoms. The Morgan fingerprint density at radius 1 is 1.33 bits per heavy atom. The molecule has 2 aromatic heterocycles. The van der Waals surface area contributed by atoms with Gasteiger partial charge in [0, 0.05) is 12.1 Å². The molecule has 4 N–H and O–H groups in total. The number of fused-ring (bicyclic) bond motifs is 1. The topological polar surface area (TPSA) is 101 Å². The molecule has 0 spiro atoms. The van der Waals surface area contributed by atoms with E-state index >= 15 is 0 Å². The second kappa shape index (κ2) is 6.58. The summed E-state index contributed by atoms with van der Waals surface area (Å²) in [6.07, 6.45) is 3.75. The molecule has 3 rings (SSSR count). The summed E-state index contributed by atoms with van der Waals surface area (Å²) in [4.78, 5) is 8.27. The fourth-order valence-corrected chi connectivity index (χ4v) is 3.56. The second-order valence-corrected chi connectivity index (χ2v) is 6.40. The molecule has 2 aromatic rings. The highest BCUT2D eigenvalue weighted by molar-refractivity contribution is 5.79. The van der Waals surface area contributed by atoms with Crippen LogP contribution >= 0.6 is 0 Å². The second-order valence-electron chi connectivity index (χ2n) is 6.40. The van der Waals surface area contributed by atoms with Crippen molar-refractivity contribution in [2.24, 2.45) is 11.7 Å². The lowest BCUT2D eigenvalue weighted by atomic mass is 9.72. The summed E-state index contributed by atoms with van der Waals surface area (Å²) in [7, 11) is 1.46. The Hall–Kier alpha value is -1.83. The number of halogens is 1. The van der Waals surface area contributed by atoms with Crippen molar-refractivity contribution >= 4 is 11.0 Å². The van der Waals surface area contributed by atoms with Gasteiger partial charge in [-0.05, 0) is 37.7 Å². The van der Waals surface area contributed by atoms with Crippen molar-refractivity contribution < 1.29 is 19.3 Å². The molecule has 130 valence electrons. The first-order valence-electron chi connectivity index (χ1n) is 8.08. The Kier molecular flexibility index (Phi) is 4.67. The summed E-state index contributed by atoms with van der Waals surface area (Å²) in [5, 5.41) is 21.1. The summed E-state index contributed by atoms with van der Waals surface area (Å²) in [6, 6.07) is 3.36. The molecule has 0 unspecified atom stereocenters. The molecule has 1 atom stereocenters. The van der Waals surface area contributed by atoms with Crippen LogP contribution in [0.4, 0.5) is 4.39 Å². The van der Waals surface area contributed by atoms with Crippen molar-refractivity contribution in [2.45, 2.75) is 37.3 Å². The van der Waals surface area contributed by atoms with E-state index < -0.39 is 18.0 Å². The number of aromatic nitrogens is 2. The van der Waals surface area contributed by atoms with Crippen LogP contribution in [0.25, 0.3) is 11.0 Å². The summed E-state index contributed by atoms with van der Waals surface area (Å²) >= 11 is 0. The standard InChI is InChI=1S/C17H22FN3O3/c1-24-14-7-6-13-16(21-14)15(12(18)8-20-13)17(23,9-22)10-2-4-11(19)5-3-10/h6-8,10-11,22-23H,2-5,9,19H2,1H3/t10?,11?,17-/m1/s1. The zero-order valence-corrected chi connectivity index (χ0v) is 13.6. The van der Waals surface area contributed by atoms with Crippen LogP contribution in [0.2, 0.25) is 0 Å². The zero-order valence-electron chi connectivity index (χ0n) is 13.6. The minimum Gasteiger partial charge on any atom is -0.481 e. The lowest BCUT2D eigenvalue weighted by Crippen LogP contribution is -2.43. The molecule has 0 amide bonds. The molecular formula is C17H22FN3O3. The SMILES string of the molecule is COc1ccc2ncc(F)c([C@@](O)(CO)C3CCC(N)CC3)c2n1. The minimum atomic E-state index is -1.73. The number of pyridine rings is 2. The fourth-order valence-electron chi connectivity index (χ4n) is 3.56. The van der Waals surface area contributed by atoms with Crippen molar-refractivity contribution in [1.82, 2.24) is 9.97 Å². The number of hydrogen-bond donors (Lipinski definition) is 3. The Morgan fingerprint density at radius 3 is 2.67 bits per heavy atom. The van der Waals surface area contributed by atoms with Gasteiger partial charge in [0.2, 0.25) is 5.88 Å². The van der Waals surface area contributed by atoms with Crippen LogP contribution in [-0.2, 0) is 5.60 Å². The quantitative estimate of drug-likeness (QED) is 0.782. The highest BCUT2D eigenvalue weighted by Gasteiger charge is 2.43. The van der Waals surface area contributed by atoms with E-state index in [1.807, 2.05) is 0 Å². The Labute approximate surface area is 139 Å². The van der Waals surface area contributed by atoms with Crippen LogP contribution in [0.5, 0.6) is 5.88 Å². The predicted octanol–water partition coefficient (Wildman–Crippen LogP) is 1.47. The molecular weight excluding hydrogens is 313 g/mol. The van der Waals surface area contributed by atoms with E-state index in [2.05, 4.69) is 9.97 Å². The number of hydrogen-bond acceptors (Lipinski definition) is 6.